The Hall–Kier alpha value is -1.72. The maximum absolute atomic E-state index is 4.91. The molecule has 6 nitrogen and oxygen atoms in total. The van der Waals surface area contributed by atoms with Gasteiger partial charge in [0.05, 0.1) is 0 Å². The third-order valence-corrected chi connectivity index (χ3v) is 8.00. The maximum Gasteiger partial charge on any atom is 0.221 e. The monoisotopic (exact) mass is 382 g/mol. The zero-order valence-electron chi connectivity index (χ0n) is 18.1. The first-order valence-electron chi connectivity index (χ1n) is 11.2. The molecule has 3 aliphatic rings. The lowest BCUT2D eigenvalue weighted by molar-refractivity contribution is 0.187. The van der Waals surface area contributed by atoms with Crippen LogP contribution in [0.2, 0.25) is 0 Å². The highest BCUT2D eigenvalue weighted by molar-refractivity contribution is 5.43. The topological polar surface area (TPSA) is 61.4 Å². The minimum Gasteiger partial charge on any atom is -0.252 e. The van der Waals surface area contributed by atoms with Crippen molar-refractivity contribution in [3.8, 4) is 11.6 Å². The van der Waals surface area contributed by atoms with Crippen LogP contribution in [0.15, 0.2) is 0 Å². The Balaban J connectivity index is 1.31. The predicted molar refractivity (Wildman–Crippen MR) is 109 cm³/mol. The molecule has 152 valence electrons. The molecular formula is C22H34N6. The number of hydrogen-bond acceptors (Lipinski definition) is 4. The second-order valence-corrected chi connectivity index (χ2v) is 10.3. The molecule has 3 unspecified atom stereocenters. The van der Waals surface area contributed by atoms with Crippen LogP contribution in [0, 0.1) is 35.5 Å². The first-order valence-corrected chi connectivity index (χ1v) is 11.2. The normalized spacial score (nSPS) is 34.1. The molecule has 0 aromatic carbocycles. The summed E-state index contributed by atoms with van der Waals surface area (Å²) in [6.07, 6.45) is 5.18. The summed E-state index contributed by atoms with van der Waals surface area (Å²) in [7, 11) is 4.04. The Morgan fingerprint density at radius 1 is 0.714 bits per heavy atom. The van der Waals surface area contributed by atoms with Gasteiger partial charge in [0, 0.05) is 25.9 Å². The Labute approximate surface area is 168 Å². The number of nitrogens with zero attached hydrogens (tertiary/aromatic N) is 6. The van der Waals surface area contributed by atoms with Crippen LogP contribution in [-0.2, 0) is 14.1 Å². The maximum atomic E-state index is 4.91. The van der Waals surface area contributed by atoms with Crippen molar-refractivity contribution >= 4 is 0 Å². The highest BCUT2D eigenvalue weighted by atomic mass is 15.4. The van der Waals surface area contributed by atoms with E-state index >= 15 is 0 Å². The molecule has 3 aliphatic carbocycles. The summed E-state index contributed by atoms with van der Waals surface area (Å²) in [6, 6.07) is 0. The highest BCUT2D eigenvalue weighted by Gasteiger charge is 2.58. The molecule has 2 aromatic rings. The van der Waals surface area contributed by atoms with Gasteiger partial charge in [-0.3, -0.25) is 9.36 Å². The Morgan fingerprint density at radius 2 is 1.18 bits per heavy atom. The summed E-state index contributed by atoms with van der Waals surface area (Å²) in [5.74, 6) is 9.71. The molecule has 3 saturated carbocycles. The average Bonchev–Trinajstić information content (AvgIpc) is 2.98. The van der Waals surface area contributed by atoms with Crippen LogP contribution < -0.4 is 0 Å². The Kier molecular flexibility index (Phi) is 4.18. The van der Waals surface area contributed by atoms with Crippen LogP contribution in [0.4, 0.5) is 0 Å². The SMILES string of the molecule is CC(C)C1CC(c2nc(-c3nc(C4C5CC(C(C)C)C[C@@H]54)n(C)n3)nn2C)C1. The second kappa shape index (κ2) is 6.39. The average molecular weight is 383 g/mol. The van der Waals surface area contributed by atoms with E-state index in [1.54, 1.807) is 0 Å². The molecule has 2 aromatic heterocycles. The molecule has 0 spiro atoms. The number of rotatable bonds is 5. The molecule has 2 heterocycles. The van der Waals surface area contributed by atoms with Crippen LogP contribution in [0.1, 0.15) is 76.9 Å². The van der Waals surface area contributed by atoms with Gasteiger partial charge >= 0.3 is 0 Å². The van der Waals surface area contributed by atoms with Crippen LogP contribution >= 0.6 is 0 Å². The molecule has 4 atom stereocenters. The van der Waals surface area contributed by atoms with Gasteiger partial charge in [-0.15, -0.1) is 10.2 Å². The molecular weight excluding hydrogens is 348 g/mol. The smallest absolute Gasteiger partial charge is 0.221 e. The zero-order chi connectivity index (χ0) is 19.7. The predicted octanol–water partition coefficient (Wildman–Crippen LogP) is 4.16. The van der Waals surface area contributed by atoms with Crippen molar-refractivity contribution in [1.82, 2.24) is 29.5 Å². The quantitative estimate of drug-likeness (QED) is 0.779. The third-order valence-electron chi connectivity index (χ3n) is 8.00. The van der Waals surface area contributed by atoms with Crippen LogP contribution in [0.3, 0.4) is 0 Å². The van der Waals surface area contributed by atoms with Crippen molar-refractivity contribution in [2.75, 3.05) is 0 Å². The Morgan fingerprint density at radius 3 is 1.71 bits per heavy atom. The van der Waals surface area contributed by atoms with E-state index < -0.39 is 0 Å². The Bertz CT molecular complexity index is 860. The van der Waals surface area contributed by atoms with E-state index in [4.69, 9.17) is 15.1 Å². The zero-order valence-corrected chi connectivity index (χ0v) is 18.1. The molecule has 0 amide bonds. The van der Waals surface area contributed by atoms with E-state index in [1.165, 1.54) is 25.7 Å². The number of aryl methyl sites for hydroxylation is 2. The fraction of sp³-hybridized carbons (Fsp3) is 0.818. The fourth-order valence-electron chi connectivity index (χ4n) is 5.86. The number of aromatic nitrogens is 6. The molecule has 3 fully saturated rings. The van der Waals surface area contributed by atoms with Crippen molar-refractivity contribution in [3.05, 3.63) is 11.6 Å². The summed E-state index contributed by atoms with van der Waals surface area (Å²) in [5, 5.41) is 9.35. The molecule has 0 radical (unpaired) electrons. The molecule has 28 heavy (non-hydrogen) atoms. The minimum atomic E-state index is 0.539. The number of hydrogen-bond donors (Lipinski definition) is 0. The molecule has 6 heteroatoms. The lowest BCUT2D eigenvalue weighted by Gasteiger charge is -2.37. The van der Waals surface area contributed by atoms with Crippen molar-refractivity contribution in [3.63, 3.8) is 0 Å². The van der Waals surface area contributed by atoms with Crippen LogP contribution in [-0.4, -0.2) is 29.5 Å². The van der Waals surface area contributed by atoms with Gasteiger partial charge in [-0.2, -0.15) is 0 Å². The molecule has 0 saturated heterocycles. The van der Waals surface area contributed by atoms with E-state index in [-0.39, 0.29) is 0 Å². The lowest BCUT2D eigenvalue weighted by atomic mass is 9.69. The summed E-state index contributed by atoms with van der Waals surface area (Å²) < 4.78 is 3.93. The van der Waals surface area contributed by atoms with Crippen molar-refractivity contribution in [2.24, 2.45) is 49.6 Å². The summed E-state index contributed by atoms with van der Waals surface area (Å²) >= 11 is 0. The van der Waals surface area contributed by atoms with Gasteiger partial charge in [0.2, 0.25) is 11.6 Å². The van der Waals surface area contributed by atoms with E-state index in [0.717, 1.165) is 47.2 Å². The van der Waals surface area contributed by atoms with Gasteiger partial charge in [-0.25, -0.2) is 9.97 Å². The van der Waals surface area contributed by atoms with Gasteiger partial charge in [0.15, 0.2) is 0 Å². The first kappa shape index (κ1) is 18.3. The molecule has 0 N–H and O–H groups in total. The fourth-order valence-corrected chi connectivity index (χ4v) is 5.86. The number of fused-ring (bicyclic) bond motifs is 1. The summed E-state index contributed by atoms with van der Waals surface area (Å²) in [4.78, 5) is 9.76. The summed E-state index contributed by atoms with van der Waals surface area (Å²) in [5.41, 5.74) is 0. The van der Waals surface area contributed by atoms with Crippen LogP contribution in [0.5, 0.6) is 0 Å². The first-order chi connectivity index (χ1) is 13.3. The van der Waals surface area contributed by atoms with Crippen molar-refractivity contribution < 1.29 is 0 Å². The van der Waals surface area contributed by atoms with E-state index in [9.17, 15) is 0 Å². The van der Waals surface area contributed by atoms with Crippen LogP contribution in [0.25, 0.3) is 11.6 Å². The van der Waals surface area contributed by atoms with E-state index in [0.29, 0.717) is 23.5 Å². The van der Waals surface area contributed by atoms with E-state index in [1.807, 2.05) is 23.5 Å². The molecule has 5 rings (SSSR count). The molecule has 0 aliphatic heterocycles. The third kappa shape index (κ3) is 2.82. The van der Waals surface area contributed by atoms with Crippen molar-refractivity contribution in [1.29, 1.82) is 0 Å². The van der Waals surface area contributed by atoms with E-state index in [2.05, 4.69) is 32.8 Å². The van der Waals surface area contributed by atoms with Gasteiger partial charge < -0.3 is 0 Å². The highest BCUT2D eigenvalue weighted by Crippen LogP contribution is 2.65. The van der Waals surface area contributed by atoms with Gasteiger partial charge in [0.1, 0.15) is 11.6 Å². The summed E-state index contributed by atoms with van der Waals surface area (Å²) in [6.45, 7) is 9.36. The van der Waals surface area contributed by atoms with Gasteiger partial charge in [0.25, 0.3) is 0 Å². The standard InChI is InChI=1S/C22H34N6/c1-11(2)13-7-15(8-13)21-23-19(25-27(21)5)20-24-22(28(6)26-20)18-16-9-14(12(3)4)10-17(16)18/h11-18H,7-10H2,1-6H3/t13?,14?,15?,16-,17?,18?/m0/s1. The molecule has 0 bridgehead atoms. The lowest BCUT2D eigenvalue weighted by Crippen LogP contribution is -2.28. The largest absolute Gasteiger partial charge is 0.252 e. The minimum absolute atomic E-state index is 0.539. The second-order valence-electron chi connectivity index (χ2n) is 10.3. The van der Waals surface area contributed by atoms with Gasteiger partial charge in [-0.05, 0) is 61.2 Å². The van der Waals surface area contributed by atoms with Gasteiger partial charge in [-0.1, -0.05) is 27.7 Å². The van der Waals surface area contributed by atoms with Crippen molar-refractivity contribution in [2.45, 2.75) is 65.2 Å².